The van der Waals surface area contributed by atoms with Crippen molar-refractivity contribution in [3.63, 3.8) is 0 Å². The highest BCUT2D eigenvalue weighted by Gasteiger charge is 2.34. The van der Waals surface area contributed by atoms with E-state index in [1.165, 1.54) is 52.4 Å². The van der Waals surface area contributed by atoms with E-state index in [-0.39, 0.29) is 6.04 Å². The van der Waals surface area contributed by atoms with Gasteiger partial charge in [0.15, 0.2) is 0 Å². The molecule has 1 aliphatic carbocycles. The molecular weight excluding hydrogens is 470 g/mol. The second-order valence-corrected chi connectivity index (χ2v) is 10.6. The molecule has 1 aliphatic heterocycles. The molecule has 0 bridgehead atoms. The van der Waals surface area contributed by atoms with E-state index in [2.05, 4.69) is 84.6 Å². The van der Waals surface area contributed by atoms with Gasteiger partial charge in [0, 0.05) is 36.1 Å². The second kappa shape index (κ2) is 9.97. The number of aromatic nitrogens is 2. The molecule has 0 amide bonds. The lowest BCUT2D eigenvalue weighted by Crippen LogP contribution is -2.42. The molecule has 5 heteroatoms. The third-order valence-corrected chi connectivity index (χ3v) is 7.91. The van der Waals surface area contributed by atoms with Gasteiger partial charge in [-0.3, -0.25) is 4.68 Å². The highest BCUT2D eigenvalue weighted by molar-refractivity contribution is 5.85. The monoisotopic (exact) mass is 503 g/mol. The van der Waals surface area contributed by atoms with Crippen molar-refractivity contribution in [3.8, 4) is 11.1 Å². The Bertz CT molecular complexity index is 1480. The normalized spacial score (nSPS) is 19.1. The van der Waals surface area contributed by atoms with Crippen molar-refractivity contribution in [1.29, 1.82) is 0 Å². The zero-order chi connectivity index (χ0) is 26.2. The van der Waals surface area contributed by atoms with Gasteiger partial charge in [-0.1, -0.05) is 54.6 Å². The highest BCUT2D eigenvalue weighted by atomic mass is 16.4. The molecule has 0 radical (unpaired) electrons. The lowest BCUT2D eigenvalue weighted by Gasteiger charge is -2.44. The molecule has 5 nitrogen and oxygen atoms in total. The number of rotatable bonds is 7. The van der Waals surface area contributed by atoms with Crippen LogP contribution in [-0.4, -0.2) is 26.9 Å². The summed E-state index contributed by atoms with van der Waals surface area (Å²) in [5.41, 5.74) is 9.78. The molecule has 4 aromatic rings. The quantitative estimate of drug-likeness (QED) is 0.274. The Kier molecular flexibility index (Phi) is 6.36. The Morgan fingerprint density at radius 2 is 1.74 bits per heavy atom. The third-order valence-electron chi connectivity index (χ3n) is 7.91. The van der Waals surface area contributed by atoms with Gasteiger partial charge >= 0.3 is 5.97 Å². The fraction of sp³-hybridized carbons (Fsp3) is 0.273. The van der Waals surface area contributed by atoms with Crippen molar-refractivity contribution < 1.29 is 9.90 Å². The molecule has 1 aromatic heterocycles. The summed E-state index contributed by atoms with van der Waals surface area (Å²) in [5.74, 6) is -0.202. The van der Waals surface area contributed by atoms with Gasteiger partial charge in [-0.05, 0) is 90.6 Å². The zero-order valence-corrected chi connectivity index (χ0v) is 21.9. The minimum Gasteiger partial charge on any atom is -0.478 e. The molecular formula is C33H33N3O2. The van der Waals surface area contributed by atoms with E-state index < -0.39 is 5.97 Å². The van der Waals surface area contributed by atoms with Crippen LogP contribution in [-0.2, 0) is 17.8 Å². The van der Waals surface area contributed by atoms with Gasteiger partial charge in [0.25, 0.3) is 0 Å². The number of carboxylic acid groups (broad SMARTS) is 1. The Hall–Kier alpha value is -4.12. The predicted octanol–water partition coefficient (Wildman–Crippen LogP) is 7.09. The number of hydrogen-bond donors (Lipinski definition) is 1. The minimum absolute atomic E-state index is 0.0606. The van der Waals surface area contributed by atoms with Gasteiger partial charge in [-0.25, -0.2) is 4.79 Å². The molecule has 0 spiro atoms. The zero-order valence-electron chi connectivity index (χ0n) is 21.9. The first-order valence-corrected chi connectivity index (χ1v) is 13.5. The Labute approximate surface area is 224 Å². The van der Waals surface area contributed by atoms with E-state index in [4.69, 9.17) is 5.11 Å². The number of benzene rings is 3. The Morgan fingerprint density at radius 3 is 2.39 bits per heavy atom. The summed E-state index contributed by atoms with van der Waals surface area (Å²) >= 11 is 0. The average Bonchev–Trinajstić information content (AvgIpc) is 3.67. The lowest BCUT2D eigenvalue weighted by molar-refractivity contribution is -0.131. The molecule has 1 N–H and O–H groups in total. The second-order valence-electron chi connectivity index (χ2n) is 10.6. The van der Waals surface area contributed by atoms with E-state index in [0.29, 0.717) is 6.04 Å². The smallest absolute Gasteiger partial charge is 0.328 e. The molecule has 38 heavy (non-hydrogen) atoms. The van der Waals surface area contributed by atoms with Crippen LogP contribution < -0.4 is 4.90 Å². The van der Waals surface area contributed by atoms with Crippen molar-refractivity contribution in [2.24, 2.45) is 0 Å². The maximum atomic E-state index is 11.0. The van der Waals surface area contributed by atoms with Gasteiger partial charge in [-0.15, -0.1) is 0 Å². The number of anilines is 1. The summed E-state index contributed by atoms with van der Waals surface area (Å²) in [4.78, 5) is 13.5. The van der Waals surface area contributed by atoms with Crippen LogP contribution in [0.5, 0.6) is 0 Å². The van der Waals surface area contributed by atoms with Crippen molar-refractivity contribution in [2.45, 2.75) is 57.7 Å². The van der Waals surface area contributed by atoms with Crippen LogP contribution in [0.4, 0.5) is 5.69 Å². The molecule has 0 unspecified atom stereocenters. The molecule has 2 aliphatic rings. The fourth-order valence-electron chi connectivity index (χ4n) is 5.77. The number of fused-ring (bicyclic) bond motifs is 1. The van der Waals surface area contributed by atoms with Gasteiger partial charge in [0.05, 0.1) is 12.2 Å². The first-order chi connectivity index (χ1) is 18.5. The standard InChI is InChI=1S/C33H33N3O2/c1-3-35-21-29(20-34-35)27-13-16-31-28(19-27)18-22(2)36(30-14-11-25(12-15-30)24-9-10-24)33(31)26-7-4-23(5-8-26)6-17-32(37)38/h4-8,11-17,19-22,24,33H,3,9-10,18H2,1-2H3,(H,37,38)/t22-,33-/m1/s1. The maximum absolute atomic E-state index is 11.0. The van der Waals surface area contributed by atoms with Gasteiger partial charge in [-0.2, -0.15) is 5.10 Å². The fourth-order valence-corrected chi connectivity index (χ4v) is 5.77. The van der Waals surface area contributed by atoms with Crippen molar-refractivity contribution in [3.05, 3.63) is 113 Å². The largest absolute Gasteiger partial charge is 0.478 e. The lowest BCUT2D eigenvalue weighted by atomic mass is 9.83. The van der Waals surface area contributed by atoms with Crippen LogP contribution >= 0.6 is 0 Å². The molecule has 6 rings (SSSR count). The summed E-state index contributed by atoms with van der Waals surface area (Å²) in [6, 6.07) is 24.7. The summed E-state index contributed by atoms with van der Waals surface area (Å²) in [5, 5.41) is 13.5. The van der Waals surface area contributed by atoms with E-state index in [1.807, 2.05) is 23.0 Å². The average molecular weight is 504 g/mol. The van der Waals surface area contributed by atoms with Crippen LogP contribution in [0.15, 0.2) is 85.2 Å². The Balaban J connectivity index is 1.41. The summed E-state index contributed by atoms with van der Waals surface area (Å²) in [7, 11) is 0. The van der Waals surface area contributed by atoms with E-state index in [1.54, 1.807) is 6.08 Å². The van der Waals surface area contributed by atoms with Crippen molar-refractivity contribution in [2.75, 3.05) is 4.90 Å². The van der Waals surface area contributed by atoms with Gasteiger partial charge in [0.2, 0.25) is 0 Å². The number of aliphatic carboxylic acids is 1. The SMILES string of the molecule is CCn1cc(-c2ccc3c(c2)C[C@@H](C)N(c2ccc(C4CC4)cc2)[C@@H]3c2ccc(C=CC(=O)O)cc2)cn1. The molecule has 2 heterocycles. The van der Waals surface area contributed by atoms with Crippen LogP contribution in [0.25, 0.3) is 17.2 Å². The summed E-state index contributed by atoms with van der Waals surface area (Å²) < 4.78 is 1.97. The first-order valence-electron chi connectivity index (χ1n) is 13.5. The molecule has 2 atom stereocenters. The van der Waals surface area contributed by atoms with Crippen molar-refractivity contribution in [1.82, 2.24) is 9.78 Å². The maximum Gasteiger partial charge on any atom is 0.328 e. The number of hydrogen-bond acceptors (Lipinski definition) is 3. The molecule has 192 valence electrons. The number of carboxylic acids is 1. The van der Waals surface area contributed by atoms with E-state index >= 15 is 0 Å². The third kappa shape index (κ3) is 4.76. The van der Waals surface area contributed by atoms with Crippen LogP contribution in [0, 0.1) is 0 Å². The molecule has 1 fully saturated rings. The van der Waals surface area contributed by atoms with Crippen molar-refractivity contribution >= 4 is 17.7 Å². The summed E-state index contributed by atoms with van der Waals surface area (Å²) in [6.45, 7) is 5.27. The van der Waals surface area contributed by atoms with Crippen LogP contribution in [0.1, 0.15) is 66.5 Å². The van der Waals surface area contributed by atoms with Crippen LogP contribution in [0.2, 0.25) is 0 Å². The first kappa shape index (κ1) is 24.2. The van der Waals surface area contributed by atoms with Gasteiger partial charge in [0.1, 0.15) is 0 Å². The predicted molar refractivity (Wildman–Crippen MR) is 152 cm³/mol. The topological polar surface area (TPSA) is 58.4 Å². The number of nitrogens with zero attached hydrogens (tertiary/aromatic N) is 3. The summed E-state index contributed by atoms with van der Waals surface area (Å²) in [6.07, 6.45) is 10.5. The van der Waals surface area contributed by atoms with E-state index in [9.17, 15) is 4.79 Å². The highest BCUT2D eigenvalue weighted by Crippen LogP contribution is 2.44. The molecule has 1 saturated carbocycles. The van der Waals surface area contributed by atoms with Gasteiger partial charge < -0.3 is 10.0 Å². The number of carbonyl (C=O) groups is 1. The minimum atomic E-state index is -0.940. The molecule has 0 saturated heterocycles. The Morgan fingerprint density at radius 1 is 1.00 bits per heavy atom. The van der Waals surface area contributed by atoms with Crippen LogP contribution in [0.3, 0.4) is 0 Å². The number of aryl methyl sites for hydroxylation is 1. The van der Waals surface area contributed by atoms with E-state index in [0.717, 1.165) is 30.0 Å². The molecule has 3 aromatic carbocycles.